The molecule has 1 unspecified atom stereocenters. The molecule has 0 bridgehead atoms. The van der Waals surface area contributed by atoms with Crippen LogP contribution in [0.25, 0.3) is 0 Å². The van der Waals surface area contributed by atoms with E-state index >= 15 is 0 Å². The molecule has 0 aliphatic heterocycles. The van der Waals surface area contributed by atoms with E-state index in [0.717, 1.165) is 21.0 Å². The minimum absolute atomic E-state index is 0.0793. The summed E-state index contributed by atoms with van der Waals surface area (Å²) in [6, 6.07) is 19.9. The summed E-state index contributed by atoms with van der Waals surface area (Å²) in [6.07, 6.45) is 0.346. The number of nitrogens with zero attached hydrogens (tertiary/aromatic N) is 2. The van der Waals surface area contributed by atoms with Crippen molar-refractivity contribution in [2.75, 3.05) is 18.0 Å². The Morgan fingerprint density at radius 2 is 1.41 bits per heavy atom. The fourth-order valence-corrected chi connectivity index (χ4v) is 5.79. The van der Waals surface area contributed by atoms with E-state index in [9.17, 15) is 18.0 Å². The average Bonchev–Trinajstić information content (AvgIpc) is 2.91. The highest BCUT2D eigenvalue weighted by molar-refractivity contribution is 7.92. The van der Waals surface area contributed by atoms with E-state index in [-0.39, 0.29) is 17.3 Å². The number of aryl methyl sites for hydroxylation is 2. The van der Waals surface area contributed by atoms with E-state index in [1.54, 1.807) is 55.6 Å². The molecule has 0 aliphatic carbocycles. The van der Waals surface area contributed by atoms with E-state index in [1.807, 2.05) is 53.7 Å². The fraction of sp³-hybridized carbons (Fsp3) is 0.375. The summed E-state index contributed by atoms with van der Waals surface area (Å²) in [4.78, 5) is 29.1. The molecule has 1 atom stereocenters. The molecule has 9 heteroatoms. The van der Waals surface area contributed by atoms with Crippen molar-refractivity contribution in [3.63, 3.8) is 0 Å². The van der Waals surface area contributed by atoms with Crippen LogP contribution in [0.5, 0.6) is 5.75 Å². The Morgan fingerprint density at radius 1 is 0.878 bits per heavy atom. The number of benzene rings is 3. The molecule has 0 saturated carbocycles. The Morgan fingerprint density at radius 3 is 1.90 bits per heavy atom. The first-order valence-electron chi connectivity index (χ1n) is 13.7. The summed E-state index contributed by atoms with van der Waals surface area (Å²) in [5, 5.41) is 2.98. The van der Waals surface area contributed by atoms with Gasteiger partial charge in [0.15, 0.2) is 0 Å². The number of sulfonamides is 1. The average molecular weight is 580 g/mol. The van der Waals surface area contributed by atoms with Crippen LogP contribution in [0.3, 0.4) is 0 Å². The summed E-state index contributed by atoms with van der Waals surface area (Å²) in [6.45, 7) is 10.9. The van der Waals surface area contributed by atoms with Gasteiger partial charge in [0.1, 0.15) is 18.3 Å². The zero-order valence-electron chi connectivity index (χ0n) is 25.0. The largest absolute Gasteiger partial charge is 0.497 e. The monoisotopic (exact) mass is 579 g/mol. The van der Waals surface area contributed by atoms with Crippen molar-refractivity contribution in [1.29, 1.82) is 0 Å². The number of carbonyl (C=O) groups excluding carboxylic acids is 2. The summed E-state index contributed by atoms with van der Waals surface area (Å²) in [5.41, 5.74) is 2.51. The highest BCUT2D eigenvalue weighted by Gasteiger charge is 2.34. The van der Waals surface area contributed by atoms with Gasteiger partial charge in [-0.3, -0.25) is 13.9 Å². The molecular weight excluding hydrogens is 538 g/mol. The van der Waals surface area contributed by atoms with Gasteiger partial charge >= 0.3 is 0 Å². The van der Waals surface area contributed by atoms with Gasteiger partial charge < -0.3 is 15.0 Å². The van der Waals surface area contributed by atoms with Crippen molar-refractivity contribution in [2.24, 2.45) is 0 Å². The van der Waals surface area contributed by atoms with E-state index in [1.165, 1.54) is 17.0 Å². The molecule has 2 amide bonds. The van der Waals surface area contributed by atoms with Crippen molar-refractivity contribution in [3.8, 4) is 5.75 Å². The number of carbonyl (C=O) groups is 2. The second-order valence-corrected chi connectivity index (χ2v) is 13.1. The van der Waals surface area contributed by atoms with E-state index in [4.69, 9.17) is 4.74 Å². The molecule has 41 heavy (non-hydrogen) atoms. The minimum Gasteiger partial charge on any atom is -0.497 e. The van der Waals surface area contributed by atoms with Gasteiger partial charge in [0.05, 0.1) is 17.7 Å². The number of anilines is 1. The van der Waals surface area contributed by atoms with Gasteiger partial charge in [-0.2, -0.15) is 0 Å². The van der Waals surface area contributed by atoms with Crippen molar-refractivity contribution in [3.05, 3.63) is 89.5 Å². The first-order valence-corrected chi connectivity index (χ1v) is 15.1. The highest BCUT2D eigenvalue weighted by atomic mass is 32.2. The molecule has 1 N–H and O–H groups in total. The van der Waals surface area contributed by atoms with Gasteiger partial charge in [-0.25, -0.2) is 8.42 Å². The van der Waals surface area contributed by atoms with Gasteiger partial charge in [0, 0.05) is 12.1 Å². The molecule has 3 rings (SSSR count). The van der Waals surface area contributed by atoms with Crippen molar-refractivity contribution in [2.45, 2.75) is 71.0 Å². The van der Waals surface area contributed by atoms with Crippen LogP contribution < -0.4 is 14.4 Å². The number of nitrogens with one attached hydrogen (secondary N) is 1. The zero-order valence-corrected chi connectivity index (χ0v) is 25.8. The van der Waals surface area contributed by atoms with Crippen molar-refractivity contribution >= 4 is 27.5 Å². The quantitative estimate of drug-likeness (QED) is 0.336. The lowest BCUT2D eigenvalue weighted by Crippen LogP contribution is -2.55. The third-order valence-electron chi connectivity index (χ3n) is 6.61. The molecule has 220 valence electrons. The van der Waals surface area contributed by atoms with Gasteiger partial charge in [-0.05, 0) is 83.0 Å². The molecule has 0 radical (unpaired) electrons. The van der Waals surface area contributed by atoms with Gasteiger partial charge in [0.2, 0.25) is 11.8 Å². The highest BCUT2D eigenvalue weighted by Crippen LogP contribution is 2.26. The molecule has 8 nitrogen and oxygen atoms in total. The third-order valence-corrected chi connectivity index (χ3v) is 8.39. The lowest BCUT2D eigenvalue weighted by Gasteiger charge is -2.34. The maximum atomic E-state index is 14.1. The second kappa shape index (κ2) is 13.2. The van der Waals surface area contributed by atoms with Gasteiger partial charge in [-0.15, -0.1) is 0 Å². The lowest BCUT2D eigenvalue weighted by atomic mass is 10.1. The number of ether oxygens (including phenoxy) is 1. The summed E-state index contributed by atoms with van der Waals surface area (Å²) < 4.78 is 34.3. The lowest BCUT2D eigenvalue weighted by molar-refractivity contribution is -0.141. The molecule has 0 aliphatic rings. The van der Waals surface area contributed by atoms with Crippen LogP contribution in [0, 0.1) is 13.8 Å². The Bertz CT molecular complexity index is 1430. The normalized spacial score (nSPS) is 12.4. The Balaban J connectivity index is 2.06. The third kappa shape index (κ3) is 8.33. The fourth-order valence-electron chi connectivity index (χ4n) is 4.38. The molecule has 3 aromatic rings. The predicted octanol–water partition coefficient (Wildman–Crippen LogP) is 5.23. The van der Waals surface area contributed by atoms with Crippen LogP contribution >= 0.6 is 0 Å². The second-order valence-electron chi connectivity index (χ2n) is 11.2. The zero-order chi connectivity index (χ0) is 30.4. The molecule has 0 aromatic heterocycles. The van der Waals surface area contributed by atoms with E-state index < -0.39 is 34.1 Å². The maximum Gasteiger partial charge on any atom is 0.264 e. The summed E-state index contributed by atoms with van der Waals surface area (Å²) in [5.74, 6) is -0.128. The van der Waals surface area contributed by atoms with E-state index in [2.05, 4.69) is 5.32 Å². The smallest absolute Gasteiger partial charge is 0.264 e. The molecule has 0 saturated heterocycles. The molecular formula is C32H41N3O5S. The SMILES string of the molecule is CCC(C(=O)NC(C)(C)C)N(Cc1ccc(OC)cc1)C(=O)CN(c1ccc(C)cc1)S(=O)(=O)c1ccc(C)cc1. The van der Waals surface area contributed by atoms with Crippen molar-refractivity contribution in [1.82, 2.24) is 10.2 Å². The van der Waals surface area contributed by atoms with Crippen LogP contribution in [0.4, 0.5) is 5.69 Å². The molecule has 0 heterocycles. The number of hydrogen-bond acceptors (Lipinski definition) is 5. The van der Waals surface area contributed by atoms with Crippen LogP contribution in [0.15, 0.2) is 77.7 Å². The Labute approximate surface area is 244 Å². The van der Waals surface area contributed by atoms with Crippen molar-refractivity contribution < 1.29 is 22.7 Å². The maximum absolute atomic E-state index is 14.1. The topological polar surface area (TPSA) is 96.0 Å². The number of hydrogen-bond donors (Lipinski definition) is 1. The van der Waals surface area contributed by atoms with Crippen LogP contribution in [-0.4, -0.2) is 50.4 Å². The number of rotatable bonds is 11. The molecule has 0 spiro atoms. The molecule has 0 fully saturated rings. The van der Waals surface area contributed by atoms with Crippen LogP contribution in [0.2, 0.25) is 0 Å². The van der Waals surface area contributed by atoms with Crippen LogP contribution in [-0.2, 0) is 26.2 Å². The van der Waals surface area contributed by atoms with Crippen LogP contribution in [0.1, 0.15) is 50.8 Å². The van der Waals surface area contributed by atoms with Gasteiger partial charge in [0.25, 0.3) is 10.0 Å². The Hall–Kier alpha value is -3.85. The predicted molar refractivity (Wildman–Crippen MR) is 162 cm³/mol. The summed E-state index contributed by atoms with van der Waals surface area (Å²) in [7, 11) is -2.53. The number of methoxy groups -OCH3 is 1. The standard InChI is InChI=1S/C32H41N3O5S/c1-8-29(31(37)33-32(4,5)6)34(21-25-13-17-27(40-7)18-14-25)30(36)22-35(26-15-9-23(2)10-16-26)41(38,39)28-19-11-24(3)12-20-28/h9-20,29H,8,21-22H2,1-7H3,(H,33,37). The van der Waals surface area contributed by atoms with Gasteiger partial charge in [-0.1, -0.05) is 54.4 Å². The number of amides is 2. The Kier molecular flexibility index (Phi) is 10.2. The molecule has 3 aromatic carbocycles. The minimum atomic E-state index is -4.11. The summed E-state index contributed by atoms with van der Waals surface area (Å²) >= 11 is 0. The first-order chi connectivity index (χ1) is 19.2. The first kappa shape index (κ1) is 31.7. The van der Waals surface area contributed by atoms with E-state index in [0.29, 0.717) is 17.9 Å².